The number of ether oxygens (including phenoxy) is 1. The number of nitrogens with zero attached hydrogens (tertiary/aromatic N) is 2. The zero-order valence-corrected chi connectivity index (χ0v) is 17.3. The molecule has 1 aromatic carbocycles. The highest BCUT2D eigenvalue weighted by molar-refractivity contribution is 6.35. The number of hydrogen-bond acceptors (Lipinski definition) is 5. The standard InChI is InChI=1S/C19H19Cl2N3O4/c1-5-28-18(26)13-9(2)22-16-15(17(25)24(4)19(27)23(16)3)14(13)11-7-6-10(20)8-12(11)21/h6-8,14,22H,5H2,1-4H3/t14-/m1/s1. The molecule has 1 atom stereocenters. The summed E-state index contributed by atoms with van der Waals surface area (Å²) >= 11 is 12.5. The molecule has 2 aromatic rings. The molecule has 3 rings (SSSR count). The van der Waals surface area contributed by atoms with Crippen LogP contribution < -0.4 is 16.6 Å². The molecule has 148 valence electrons. The third-order valence-corrected chi connectivity index (χ3v) is 5.32. The maximum Gasteiger partial charge on any atom is 0.336 e. The number of allylic oxidation sites excluding steroid dienone is 1. The molecular formula is C19H19Cl2N3O4. The number of nitrogens with one attached hydrogen (secondary N) is 1. The molecule has 0 radical (unpaired) electrons. The van der Waals surface area contributed by atoms with Gasteiger partial charge in [0.1, 0.15) is 5.82 Å². The van der Waals surface area contributed by atoms with Crippen LogP contribution in [0.3, 0.4) is 0 Å². The maximum absolute atomic E-state index is 13.0. The van der Waals surface area contributed by atoms with E-state index in [1.54, 1.807) is 39.1 Å². The van der Waals surface area contributed by atoms with Crippen molar-refractivity contribution in [1.29, 1.82) is 0 Å². The summed E-state index contributed by atoms with van der Waals surface area (Å²) in [4.78, 5) is 38.2. The molecule has 9 heteroatoms. The monoisotopic (exact) mass is 423 g/mol. The van der Waals surface area contributed by atoms with E-state index in [4.69, 9.17) is 27.9 Å². The first-order valence-electron chi connectivity index (χ1n) is 8.58. The Labute approximate surface area is 171 Å². The van der Waals surface area contributed by atoms with Crippen LogP contribution in [0, 0.1) is 0 Å². The minimum Gasteiger partial charge on any atom is -0.463 e. The van der Waals surface area contributed by atoms with Gasteiger partial charge >= 0.3 is 11.7 Å². The minimum absolute atomic E-state index is 0.175. The lowest BCUT2D eigenvalue weighted by Gasteiger charge is -2.31. The van der Waals surface area contributed by atoms with Crippen molar-refractivity contribution in [1.82, 2.24) is 9.13 Å². The average molecular weight is 424 g/mol. The van der Waals surface area contributed by atoms with E-state index < -0.39 is 23.1 Å². The average Bonchev–Trinajstić information content (AvgIpc) is 2.64. The lowest BCUT2D eigenvalue weighted by atomic mass is 9.82. The van der Waals surface area contributed by atoms with Crippen molar-refractivity contribution in [2.45, 2.75) is 19.8 Å². The van der Waals surface area contributed by atoms with Crippen LogP contribution in [-0.4, -0.2) is 21.7 Å². The van der Waals surface area contributed by atoms with Crippen molar-refractivity contribution < 1.29 is 9.53 Å². The van der Waals surface area contributed by atoms with E-state index in [0.717, 1.165) is 4.57 Å². The van der Waals surface area contributed by atoms with Crippen molar-refractivity contribution in [2.24, 2.45) is 14.1 Å². The highest BCUT2D eigenvalue weighted by Gasteiger charge is 2.38. The minimum atomic E-state index is -0.814. The topological polar surface area (TPSA) is 82.3 Å². The van der Waals surface area contributed by atoms with Gasteiger partial charge in [0.15, 0.2) is 0 Å². The normalized spacial score (nSPS) is 15.9. The number of benzene rings is 1. The number of halogens is 2. The molecule has 0 unspecified atom stereocenters. The van der Waals surface area contributed by atoms with Gasteiger partial charge in [-0.1, -0.05) is 29.3 Å². The fraction of sp³-hybridized carbons (Fsp3) is 0.316. The summed E-state index contributed by atoms with van der Waals surface area (Å²) in [7, 11) is 2.94. The van der Waals surface area contributed by atoms with Gasteiger partial charge in [0.2, 0.25) is 0 Å². The summed E-state index contributed by atoms with van der Waals surface area (Å²) < 4.78 is 7.56. The Balaban J connectivity index is 2.42. The fourth-order valence-electron chi connectivity index (χ4n) is 3.41. The maximum atomic E-state index is 13.0. The number of carbonyl (C=O) groups is 1. The molecule has 0 aliphatic carbocycles. The van der Waals surface area contributed by atoms with Gasteiger partial charge in [0.05, 0.1) is 23.7 Å². The van der Waals surface area contributed by atoms with Crippen molar-refractivity contribution in [2.75, 3.05) is 11.9 Å². The second kappa shape index (κ2) is 7.48. The molecule has 28 heavy (non-hydrogen) atoms. The van der Waals surface area contributed by atoms with Gasteiger partial charge in [-0.05, 0) is 31.5 Å². The molecule has 2 heterocycles. The van der Waals surface area contributed by atoms with Gasteiger partial charge in [-0.3, -0.25) is 13.9 Å². The van der Waals surface area contributed by atoms with E-state index in [9.17, 15) is 14.4 Å². The van der Waals surface area contributed by atoms with Crippen molar-refractivity contribution >= 4 is 35.0 Å². The lowest BCUT2D eigenvalue weighted by Crippen LogP contribution is -2.43. The van der Waals surface area contributed by atoms with Crippen LogP contribution in [-0.2, 0) is 23.6 Å². The predicted octanol–water partition coefficient (Wildman–Crippen LogP) is 2.79. The highest BCUT2D eigenvalue weighted by Crippen LogP contribution is 2.42. The zero-order valence-electron chi connectivity index (χ0n) is 15.8. The fourth-order valence-corrected chi connectivity index (χ4v) is 3.93. The third-order valence-electron chi connectivity index (χ3n) is 4.76. The summed E-state index contributed by atoms with van der Waals surface area (Å²) in [5.41, 5.74) is 0.495. The molecule has 7 nitrogen and oxygen atoms in total. The van der Waals surface area contributed by atoms with Crippen LogP contribution in [0.1, 0.15) is 30.9 Å². The van der Waals surface area contributed by atoms with Gasteiger partial charge < -0.3 is 10.1 Å². The Kier molecular flexibility index (Phi) is 5.41. The summed E-state index contributed by atoms with van der Waals surface area (Å²) in [5, 5.41) is 3.74. The lowest BCUT2D eigenvalue weighted by molar-refractivity contribution is -0.138. The summed E-state index contributed by atoms with van der Waals surface area (Å²) in [6.45, 7) is 3.56. The highest BCUT2D eigenvalue weighted by atomic mass is 35.5. The van der Waals surface area contributed by atoms with Gasteiger partial charge in [-0.2, -0.15) is 0 Å². The summed E-state index contributed by atoms with van der Waals surface area (Å²) in [6.07, 6.45) is 0. The molecule has 1 aliphatic heterocycles. The number of aromatic nitrogens is 2. The summed E-state index contributed by atoms with van der Waals surface area (Å²) in [5.74, 6) is -1.06. The molecule has 0 amide bonds. The van der Waals surface area contributed by atoms with Gasteiger partial charge in [0, 0.05) is 29.8 Å². The van der Waals surface area contributed by atoms with Gasteiger partial charge in [-0.25, -0.2) is 9.59 Å². The smallest absolute Gasteiger partial charge is 0.336 e. The number of rotatable bonds is 3. The largest absolute Gasteiger partial charge is 0.463 e. The predicted molar refractivity (Wildman–Crippen MR) is 108 cm³/mol. The Morgan fingerprint density at radius 1 is 1.21 bits per heavy atom. The quantitative estimate of drug-likeness (QED) is 0.767. The molecule has 0 spiro atoms. The first-order chi connectivity index (χ1) is 13.2. The molecule has 1 aliphatic rings. The van der Waals surface area contributed by atoms with Crippen LogP contribution in [0.2, 0.25) is 10.0 Å². The van der Waals surface area contributed by atoms with E-state index in [1.807, 2.05) is 0 Å². The first-order valence-corrected chi connectivity index (χ1v) is 9.34. The van der Waals surface area contributed by atoms with E-state index in [2.05, 4.69) is 5.32 Å². The Morgan fingerprint density at radius 3 is 2.50 bits per heavy atom. The van der Waals surface area contributed by atoms with Gasteiger partial charge in [-0.15, -0.1) is 0 Å². The van der Waals surface area contributed by atoms with Crippen LogP contribution in [0.4, 0.5) is 5.82 Å². The van der Waals surface area contributed by atoms with Crippen LogP contribution in [0.25, 0.3) is 0 Å². The zero-order chi connectivity index (χ0) is 20.7. The van der Waals surface area contributed by atoms with Crippen LogP contribution >= 0.6 is 23.2 Å². The second-order valence-electron chi connectivity index (χ2n) is 6.45. The molecule has 0 saturated heterocycles. The molecule has 1 N–H and O–H groups in total. The Morgan fingerprint density at radius 2 is 1.89 bits per heavy atom. The molecule has 0 fully saturated rings. The van der Waals surface area contributed by atoms with Crippen LogP contribution in [0.5, 0.6) is 0 Å². The summed E-state index contributed by atoms with van der Waals surface area (Å²) in [6, 6.07) is 4.85. The third kappa shape index (κ3) is 3.14. The first kappa shape index (κ1) is 20.2. The number of anilines is 1. The number of carbonyl (C=O) groups excluding carboxylic acids is 1. The van der Waals surface area contributed by atoms with Gasteiger partial charge in [0.25, 0.3) is 5.56 Å². The Hall–Kier alpha value is -2.51. The van der Waals surface area contributed by atoms with E-state index >= 15 is 0 Å². The molecular weight excluding hydrogens is 405 g/mol. The number of fused-ring (bicyclic) bond motifs is 1. The number of hydrogen-bond donors (Lipinski definition) is 1. The second-order valence-corrected chi connectivity index (χ2v) is 7.29. The van der Waals surface area contributed by atoms with Crippen molar-refractivity contribution in [3.05, 3.63) is 71.5 Å². The molecule has 0 saturated carbocycles. The van der Waals surface area contributed by atoms with E-state index in [0.29, 0.717) is 27.1 Å². The molecule has 1 aromatic heterocycles. The van der Waals surface area contributed by atoms with E-state index in [1.165, 1.54) is 11.6 Å². The SMILES string of the molecule is CCOC(=O)C1=C(C)Nc2c(c(=O)n(C)c(=O)n2C)[C@@H]1c1ccc(Cl)cc1Cl. The Bertz CT molecular complexity index is 1130. The van der Waals surface area contributed by atoms with Crippen molar-refractivity contribution in [3.63, 3.8) is 0 Å². The van der Waals surface area contributed by atoms with E-state index in [-0.39, 0.29) is 17.7 Å². The van der Waals surface area contributed by atoms with Crippen LogP contribution in [0.15, 0.2) is 39.1 Å². The number of esters is 1. The molecule has 0 bridgehead atoms. The van der Waals surface area contributed by atoms with Crippen molar-refractivity contribution in [3.8, 4) is 0 Å².